The van der Waals surface area contributed by atoms with Crippen LogP contribution in [0.5, 0.6) is 0 Å². The Morgan fingerprint density at radius 1 is 1.18 bits per heavy atom. The highest BCUT2D eigenvalue weighted by molar-refractivity contribution is 5.47. The van der Waals surface area contributed by atoms with Gasteiger partial charge in [0.25, 0.3) is 0 Å². The molecule has 0 saturated heterocycles. The second-order valence-corrected chi connectivity index (χ2v) is 4.89. The van der Waals surface area contributed by atoms with Crippen molar-refractivity contribution in [2.75, 3.05) is 17.2 Å². The topological polar surface area (TPSA) is 49.8 Å². The van der Waals surface area contributed by atoms with Gasteiger partial charge in [0.1, 0.15) is 17.5 Å². The Morgan fingerprint density at radius 3 is 2.41 bits per heavy atom. The van der Waals surface area contributed by atoms with Crippen LogP contribution < -0.4 is 10.6 Å². The number of hydrogen-bond acceptors (Lipinski definition) is 4. The lowest BCUT2D eigenvalue weighted by Crippen LogP contribution is -2.19. The van der Waals surface area contributed by atoms with E-state index in [-0.39, 0.29) is 0 Å². The van der Waals surface area contributed by atoms with Crippen molar-refractivity contribution >= 4 is 11.6 Å². The molecule has 0 radical (unpaired) electrons. The maximum Gasteiger partial charge on any atom is 0.132 e. The summed E-state index contributed by atoms with van der Waals surface area (Å²) in [7, 11) is 0. The number of anilines is 2. The SMILES string of the molecule is CCNc1cc(NC(C)CC(C)C)nc(C)n1. The number of rotatable bonds is 6. The highest BCUT2D eigenvalue weighted by atomic mass is 15.1. The molecule has 1 rings (SSSR count). The van der Waals surface area contributed by atoms with Gasteiger partial charge >= 0.3 is 0 Å². The van der Waals surface area contributed by atoms with Crippen LogP contribution in [0.3, 0.4) is 0 Å². The van der Waals surface area contributed by atoms with Gasteiger partial charge in [-0.15, -0.1) is 0 Å². The molecule has 2 N–H and O–H groups in total. The van der Waals surface area contributed by atoms with Gasteiger partial charge in [-0.2, -0.15) is 0 Å². The van der Waals surface area contributed by atoms with E-state index in [2.05, 4.69) is 48.3 Å². The number of nitrogens with zero attached hydrogens (tertiary/aromatic N) is 2. The Hall–Kier alpha value is -1.32. The van der Waals surface area contributed by atoms with E-state index < -0.39 is 0 Å². The molecule has 4 nitrogen and oxygen atoms in total. The third-order valence-electron chi connectivity index (χ3n) is 2.42. The van der Waals surface area contributed by atoms with Gasteiger partial charge in [0.2, 0.25) is 0 Å². The van der Waals surface area contributed by atoms with Gasteiger partial charge < -0.3 is 10.6 Å². The molecule has 0 aliphatic carbocycles. The van der Waals surface area contributed by atoms with E-state index in [1.165, 1.54) is 0 Å². The molecule has 0 aliphatic rings. The lowest BCUT2D eigenvalue weighted by molar-refractivity contribution is 0.538. The third-order valence-corrected chi connectivity index (χ3v) is 2.42. The van der Waals surface area contributed by atoms with Crippen LogP contribution in [0.1, 0.15) is 39.9 Å². The van der Waals surface area contributed by atoms with Crippen LogP contribution >= 0.6 is 0 Å². The monoisotopic (exact) mass is 236 g/mol. The third kappa shape index (κ3) is 5.02. The fourth-order valence-corrected chi connectivity index (χ4v) is 1.93. The smallest absolute Gasteiger partial charge is 0.132 e. The minimum absolute atomic E-state index is 0.429. The van der Waals surface area contributed by atoms with E-state index in [1.54, 1.807) is 0 Å². The molecule has 96 valence electrons. The summed E-state index contributed by atoms with van der Waals surface area (Å²) >= 11 is 0. The molecule has 0 fully saturated rings. The van der Waals surface area contributed by atoms with Gasteiger partial charge in [-0.25, -0.2) is 9.97 Å². The van der Waals surface area contributed by atoms with Gasteiger partial charge in [0.15, 0.2) is 0 Å². The van der Waals surface area contributed by atoms with Crippen molar-refractivity contribution in [3.05, 3.63) is 11.9 Å². The zero-order valence-electron chi connectivity index (χ0n) is 11.5. The zero-order valence-corrected chi connectivity index (χ0v) is 11.5. The van der Waals surface area contributed by atoms with Gasteiger partial charge in [-0.3, -0.25) is 0 Å². The van der Waals surface area contributed by atoms with Gasteiger partial charge in [0, 0.05) is 18.7 Å². The van der Waals surface area contributed by atoms with E-state index in [1.807, 2.05) is 13.0 Å². The van der Waals surface area contributed by atoms with Crippen LogP contribution in [0.25, 0.3) is 0 Å². The number of aryl methyl sites for hydroxylation is 1. The summed E-state index contributed by atoms with van der Waals surface area (Å²) < 4.78 is 0. The molecule has 1 unspecified atom stereocenters. The molecule has 0 amide bonds. The standard InChI is InChI=1S/C13H24N4/c1-6-14-12-8-13(17-11(5)16-12)15-10(4)7-9(2)3/h8-10H,6-7H2,1-5H3,(H2,14,15,16,17). The fraction of sp³-hybridized carbons (Fsp3) is 0.692. The highest BCUT2D eigenvalue weighted by Gasteiger charge is 2.07. The van der Waals surface area contributed by atoms with Crippen LogP contribution in [-0.2, 0) is 0 Å². The summed E-state index contributed by atoms with van der Waals surface area (Å²) in [6.07, 6.45) is 1.14. The lowest BCUT2D eigenvalue weighted by atomic mass is 10.1. The Kier molecular flexibility index (Phi) is 5.19. The van der Waals surface area contributed by atoms with Crippen molar-refractivity contribution in [2.45, 2.75) is 47.1 Å². The molecule has 0 spiro atoms. The van der Waals surface area contributed by atoms with E-state index >= 15 is 0 Å². The molecular weight excluding hydrogens is 212 g/mol. The number of aromatic nitrogens is 2. The molecule has 1 aromatic heterocycles. The summed E-state index contributed by atoms with van der Waals surface area (Å²) in [6.45, 7) is 11.5. The first-order chi connectivity index (χ1) is 8.01. The number of hydrogen-bond donors (Lipinski definition) is 2. The first-order valence-corrected chi connectivity index (χ1v) is 6.37. The highest BCUT2D eigenvalue weighted by Crippen LogP contribution is 2.14. The van der Waals surface area contributed by atoms with Crippen LogP contribution in [0, 0.1) is 12.8 Å². The maximum absolute atomic E-state index is 4.40. The average molecular weight is 236 g/mol. The van der Waals surface area contributed by atoms with Crippen molar-refractivity contribution in [3.8, 4) is 0 Å². The summed E-state index contributed by atoms with van der Waals surface area (Å²) in [5.41, 5.74) is 0. The Labute approximate surface area is 104 Å². The minimum atomic E-state index is 0.429. The summed E-state index contributed by atoms with van der Waals surface area (Å²) in [5.74, 6) is 3.28. The first kappa shape index (κ1) is 13.7. The molecule has 17 heavy (non-hydrogen) atoms. The molecule has 1 atom stereocenters. The van der Waals surface area contributed by atoms with Crippen molar-refractivity contribution in [3.63, 3.8) is 0 Å². The molecule has 4 heteroatoms. The largest absolute Gasteiger partial charge is 0.370 e. The van der Waals surface area contributed by atoms with Crippen molar-refractivity contribution in [2.24, 2.45) is 5.92 Å². The molecular formula is C13H24N4. The molecule has 0 bridgehead atoms. The molecule has 0 saturated carbocycles. The first-order valence-electron chi connectivity index (χ1n) is 6.37. The average Bonchev–Trinajstić information content (AvgIpc) is 2.14. The van der Waals surface area contributed by atoms with Crippen LogP contribution in [0.15, 0.2) is 6.07 Å². The van der Waals surface area contributed by atoms with Crippen LogP contribution in [-0.4, -0.2) is 22.6 Å². The lowest BCUT2D eigenvalue weighted by Gasteiger charge is -2.17. The Bertz CT molecular complexity index is 349. The van der Waals surface area contributed by atoms with Crippen LogP contribution in [0.4, 0.5) is 11.6 Å². The Morgan fingerprint density at radius 2 is 1.82 bits per heavy atom. The minimum Gasteiger partial charge on any atom is -0.370 e. The predicted molar refractivity (Wildman–Crippen MR) is 73.5 cm³/mol. The molecule has 0 aromatic carbocycles. The van der Waals surface area contributed by atoms with Crippen molar-refractivity contribution in [1.29, 1.82) is 0 Å². The summed E-state index contributed by atoms with van der Waals surface area (Å²) in [4.78, 5) is 8.73. The van der Waals surface area contributed by atoms with E-state index in [9.17, 15) is 0 Å². The Balaban J connectivity index is 2.69. The second-order valence-electron chi connectivity index (χ2n) is 4.89. The summed E-state index contributed by atoms with van der Waals surface area (Å²) in [5, 5.41) is 6.63. The predicted octanol–water partition coefficient (Wildman–Crippen LogP) is 3.06. The van der Waals surface area contributed by atoms with Gasteiger partial charge in [-0.05, 0) is 33.1 Å². The van der Waals surface area contributed by atoms with E-state index in [4.69, 9.17) is 0 Å². The van der Waals surface area contributed by atoms with Crippen molar-refractivity contribution in [1.82, 2.24) is 9.97 Å². The molecule has 0 aliphatic heterocycles. The van der Waals surface area contributed by atoms with Crippen molar-refractivity contribution < 1.29 is 0 Å². The maximum atomic E-state index is 4.40. The summed E-state index contributed by atoms with van der Waals surface area (Å²) in [6, 6.07) is 2.40. The number of nitrogens with one attached hydrogen (secondary N) is 2. The van der Waals surface area contributed by atoms with E-state index in [0.29, 0.717) is 12.0 Å². The zero-order chi connectivity index (χ0) is 12.8. The normalized spacial score (nSPS) is 12.6. The quantitative estimate of drug-likeness (QED) is 0.797. The van der Waals surface area contributed by atoms with Crippen LogP contribution in [0.2, 0.25) is 0 Å². The second kappa shape index (κ2) is 6.42. The van der Waals surface area contributed by atoms with Gasteiger partial charge in [0.05, 0.1) is 0 Å². The van der Waals surface area contributed by atoms with E-state index in [0.717, 1.165) is 30.4 Å². The molecule has 1 aromatic rings. The fourth-order valence-electron chi connectivity index (χ4n) is 1.93. The van der Waals surface area contributed by atoms with Gasteiger partial charge in [-0.1, -0.05) is 13.8 Å². The molecule has 1 heterocycles.